The highest BCUT2D eigenvalue weighted by atomic mass is 16.5. The van der Waals surface area contributed by atoms with Gasteiger partial charge in [-0.1, -0.05) is 6.92 Å². The Hall–Kier alpha value is -1.30. The molecule has 0 aliphatic rings. The molecule has 1 aromatic rings. The molecular weight excluding hydrogens is 246 g/mol. The zero-order valence-corrected chi connectivity index (χ0v) is 11.7. The Morgan fingerprint density at radius 3 is 2.53 bits per heavy atom. The first-order valence-electron chi connectivity index (χ1n) is 6.42. The minimum absolute atomic E-state index is 0.0446. The van der Waals surface area contributed by atoms with Gasteiger partial charge >= 0.3 is 0 Å². The van der Waals surface area contributed by atoms with E-state index in [4.69, 9.17) is 14.6 Å². The van der Waals surface area contributed by atoms with Crippen molar-refractivity contribution in [3.8, 4) is 11.5 Å². The van der Waals surface area contributed by atoms with Crippen molar-refractivity contribution in [1.29, 1.82) is 0 Å². The van der Waals surface area contributed by atoms with Crippen LogP contribution in [0.25, 0.3) is 0 Å². The zero-order valence-electron chi connectivity index (χ0n) is 11.7. The van der Waals surface area contributed by atoms with Crippen molar-refractivity contribution in [3.63, 3.8) is 0 Å². The highest BCUT2D eigenvalue weighted by molar-refractivity contribution is 5.42. The number of benzene rings is 1. The third-order valence-corrected chi connectivity index (χ3v) is 3.10. The molecule has 0 saturated carbocycles. The fourth-order valence-corrected chi connectivity index (χ4v) is 2.01. The molecule has 0 aromatic heterocycles. The Labute approximate surface area is 114 Å². The van der Waals surface area contributed by atoms with Crippen LogP contribution in [0.2, 0.25) is 0 Å². The maximum Gasteiger partial charge on any atom is 0.128 e. The number of hydrogen-bond donors (Lipinski definition) is 3. The molecule has 0 saturated heterocycles. The minimum atomic E-state index is -0.697. The lowest BCUT2D eigenvalue weighted by atomic mass is 9.99. The monoisotopic (exact) mass is 269 g/mol. The smallest absolute Gasteiger partial charge is 0.128 e. The van der Waals surface area contributed by atoms with Gasteiger partial charge in [-0.15, -0.1) is 0 Å². The Morgan fingerprint density at radius 2 is 2.00 bits per heavy atom. The van der Waals surface area contributed by atoms with Gasteiger partial charge in [0.2, 0.25) is 0 Å². The topological polar surface area (TPSA) is 71.0 Å². The van der Waals surface area contributed by atoms with Crippen molar-refractivity contribution in [2.45, 2.75) is 25.5 Å². The lowest BCUT2D eigenvalue weighted by Gasteiger charge is -2.24. The second-order valence-corrected chi connectivity index (χ2v) is 4.25. The summed E-state index contributed by atoms with van der Waals surface area (Å²) in [6.45, 7) is 2.48. The molecule has 0 radical (unpaired) electrons. The molecule has 5 nitrogen and oxygen atoms in total. The summed E-state index contributed by atoms with van der Waals surface area (Å²) in [6.07, 6.45) is 0.0495. The maximum atomic E-state index is 10.4. The largest absolute Gasteiger partial charge is 0.497 e. The van der Waals surface area contributed by atoms with Gasteiger partial charge in [0.1, 0.15) is 11.5 Å². The first-order chi connectivity index (χ1) is 9.17. The van der Waals surface area contributed by atoms with Gasteiger partial charge in [0.05, 0.1) is 26.9 Å². The van der Waals surface area contributed by atoms with Gasteiger partial charge < -0.3 is 25.0 Å². The van der Waals surface area contributed by atoms with Crippen LogP contribution in [-0.2, 0) is 0 Å². The number of aliphatic hydroxyl groups excluding tert-OH is 2. The van der Waals surface area contributed by atoms with E-state index in [1.165, 1.54) is 0 Å². The third kappa shape index (κ3) is 4.09. The summed E-state index contributed by atoms with van der Waals surface area (Å²) < 4.78 is 10.4. The van der Waals surface area contributed by atoms with Gasteiger partial charge in [-0.2, -0.15) is 0 Å². The second kappa shape index (κ2) is 7.99. The number of ether oxygens (including phenoxy) is 2. The van der Waals surface area contributed by atoms with E-state index < -0.39 is 6.10 Å². The summed E-state index contributed by atoms with van der Waals surface area (Å²) in [7, 11) is 3.15. The molecule has 0 heterocycles. The normalized spacial score (nSPS) is 13.9. The van der Waals surface area contributed by atoms with Crippen LogP contribution in [0, 0.1) is 0 Å². The molecule has 5 heteroatoms. The minimum Gasteiger partial charge on any atom is -0.497 e. The molecule has 0 amide bonds. The molecule has 1 aromatic carbocycles. The van der Waals surface area contributed by atoms with Gasteiger partial charge in [-0.25, -0.2) is 0 Å². The molecule has 2 unspecified atom stereocenters. The molecule has 0 aliphatic carbocycles. The van der Waals surface area contributed by atoms with E-state index in [0.29, 0.717) is 23.6 Å². The summed E-state index contributed by atoms with van der Waals surface area (Å²) >= 11 is 0. The van der Waals surface area contributed by atoms with E-state index in [0.717, 1.165) is 6.42 Å². The number of rotatable bonds is 8. The summed E-state index contributed by atoms with van der Waals surface area (Å²) in [6, 6.07) is 5.21. The highest BCUT2D eigenvalue weighted by Crippen LogP contribution is 2.31. The van der Waals surface area contributed by atoms with Crippen LogP contribution in [0.3, 0.4) is 0 Å². The van der Waals surface area contributed by atoms with Crippen LogP contribution in [0.5, 0.6) is 11.5 Å². The van der Waals surface area contributed by atoms with E-state index in [2.05, 4.69) is 5.32 Å². The van der Waals surface area contributed by atoms with Crippen LogP contribution < -0.4 is 14.8 Å². The summed E-state index contributed by atoms with van der Waals surface area (Å²) in [4.78, 5) is 0. The van der Waals surface area contributed by atoms with Crippen molar-refractivity contribution in [3.05, 3.63) is 23.8 Å². The zero-order chi connectivity index (χ0) is 14.3. The number of nitrogens with one attached hydrogen (secondary N) is 1. The molecular formula is C14H23NO4. The van der Waals surface area contributed by atoms with E-state index in [1.807, 2.05) is 6.92 Å². The highest BCUT2D eigenvalue weighted by Gasteiger charge is 2.22. The fraction of sp³-hybridized carbons (Fsp3) is 0.571. The van der Waals surface area contributed by atoms with Crippen molar-refractivity contribution in [2.24, 2.45) is 0 Å². The quantitative estimate of drug-likeness (QED) is 0.659. The number of hydrogen-bond acceptors (Lipinski definition) is 5. The Balaban J connectivity index is 2.93. The van der Waals surface area contributed by atoms with Gasteiger partial charge in [-0.05, 0) is 18.6 Å². The fourth-order valence-electron chi connectivity index (χ4n) is 2.01. The predicted octanol–water partition coefficient (Wildman–Crippen LogP) is 1.10. The molecule has 1 rings (SSSR count). The average molecular weight is 269 g/mol. The first kappa shape index (κ1) is 15.8. The lowest BCUT2D eigenvalue weighted by Crippen LogP contribution is -2.36. The Bertz CT molecular complexity index is 384. The lowest BCUT2D eigenvalue weighted by molar-refractivity contribution is 0.119. The molecule has 3 N–H and O–H groups in total. The van der Waals surface area contributed by atoms with Gasteiger partial charge in [-0.3, -0.25) is 0 Å². The van der Waals surface area contributed by atoms with Gasteiger partial charge in [0.15, 0.2) is 0 Å². The van der Waals surface area contributed by atoms with Gasteiger partial charge in [0, 0.05) is 24.2 Å². The van der Waals surface area contributed by atoms with E-state index >= 15 is 0 Å². The van der Waals surface area contributed by atoms with E-state index in [1.54, 1.807) is 32.4 Å². The van der Waals surface area contributed by atoms with Crippen LogP contribution in [-0.4, -0.2) is 43.6 Å². The Kier molecular flexibility index (Phi) is 6.62. The number of methoxy groups -OCH3 is 2. The van der Waals surface area contributed by atoms with Crippen molar-refractivity contribution in [1.82, 2.24) is 5.32 Å². The van der Waals surface area contributed by atoms with Gasteiger partial charge in [0.25, 0.3) is 0 Å². The molecule has 108 valence electrons. The van der Waals surface area contributed by atoms with Crippen molar-refractivity contribution in [2.75, 3.05) is 27.4 Å². The number of aliphatic hydroxyl groups is 2. The average Bonchev–Trinajstić information content (AvgIpc) is 2.46. The standard InChI is InChI=1S/C14H23NO4/c1-4-12(15-7-8-16)14(17)11-6-5-10(18-2)9-13(11)19-3/h5-6,9,12,14-17H,4,7-8H2,1-3H3. The van der Waals surface area contributed by atoms with Crippen molar-refractivity contribution < 1.29 is 19.7 Å². The second-order valence-electron chi connectivity index (χ2n) is 4.25. The molecule has 0 fully saturated rings. The third-order valence-electron chi connectivity index (χ3n) is 3.10. The molecule has 19 heavy (non-hydrogen) atoms. The summed E-state index contributed by atoms with van der Waals surface area (Å²) in [5, 5.41) is 22.4. The SMILES string of the molecule is CCC(NCCO)C(O)c1ccc(OC)cc1OC. The summed E-state index contributed by atoms with van der Waals surface area (Å²) in [5.74, 6) is 1.28. The Morgan fingerprint density at radius 1 is 1.26 bits per heavy atom. The van der Waals surface area contributed by atoms with E-state index in [-0.39, 0.29) is 12.6 Å². The summed E-state index contributed by atoms with van der Waals surface area (Å²) in [5.41, 5.74) is 0.709. The van der Waals surface area contributed by atoms with Crippen LogP contribution in [0.4, 0.5) is 0 Å². The molecule has 0 spiro atoms. The molecule has 0 bridgehead atoms. The molecule has 2 atom stereocenters. The van der Waals surface area contributed by atoms with E-state index in [9.17, 15) is 5.11 Å². The molecule has 0 aliphatic heterocycles. The maximum absolute atomic E-state index is 10.4. The predicted molar refractivity (Wildman–Crippen MR) is 73.7 cm³/mol. The first-order valence-corrected chi connectivity index (χ1v) is 6.42. The van der Waals surface area contributed by atoms with Crippen LogP contribution in [0.15, 0.2) is 18.2 Å². The van der Waals surface area contributed by atoms with Crippen LogP contribution in [0.1, 0.15) is 25.0 Å². The van der Waals surface area contributed by atoms with Crippen molar-refractivity contribution >= 4 is 0 Å². The van der Waals surface area contributed by atoms with Crippen LogP contribution >= 0.6 is 0 Å².